The van der Waals surface area contributed by atoms with Crippen LogP contribution < -0.4 is 10.1 Å². The SMILES string of the molecule is O=C(Cc1csc(COc2ccc(Cl)cc2)n1)NCc1nc2ccccc2[nH]1. The monoisotopic (exact) mass is 412 g/mol. The Bertz CT molecular complexity index is 1060. The quantitative estimate of drug-likeness (QED) is 0.478. The highest BCUT2D eigenvalue weighted by molar-refractivity contribution is 7.09. The maximum absolute atomic E-state index is 12.2. The first-order valence-electron chi connectivity index (χ1n) is 8.68. The second kappa shape index (κ2) is 8.41. The number of benzene rings is 2. The fourth-order valence-corrected chi connectivity index (χ4v) is 3.50. The van der Waals surface area contributed by atoms with Crippen LogP contribution in [0.3, 0.4) is 0 Å². The van der Waals surface area contributed by atoms with E-state index in [2.05, 4.69) is 20.3 Å². The Hall–Kier alpha value is -2.90. The lowest BCUT2D eigenvalue weighted by Crippen LogP contribution is -2.25. The molecule has 0 saturated heterocycles. The van der Waals surface area contributed by atoms with Crippen LogP contribution in [0.2, 0.25) is 5.02 Å². The Labute approximate surface area is 170 Å². The van der Waals surface area contributed by atoms with Crippen molar-refractivity contribution in [3.8, 4) is 5.75 Å². The van der Waals surface area contributed by atoms with Crippen molar-refractivity contribution in [2.45, 2.75) is 19.6 Å². The normalized spacial score (nSPS) is 10.9. The number of halogens is 1. The zero-order valence-corrected chi connectivity index (χ0v) is 16.4. The van der Waals surface area contributed by atoms with E-state index in [4.69, 9.17) is 16.3 Å². The first-order valence-corrected chi connectivity index (χ1v) is 9.93. The lowest BCUT2D eigenvalue weighted by Gasteiger charge is -2.03. The van der Waals surface area contributed by atoms with Crippen molar-refractivity contribution in [1.82, 2.24) is 20.3 Å². The fraction of sp³-hybridized carbons (Fsp3) is 0.150. The van der Waals surface area contributed by atoms with E-state index in [0.29, 0.717) is 18.2 Å². The Balaban J connectivity index is 1.27. The van der Waals surface area contributed by atoms with Crippen LogP contribution >= 0.6 is 22.9 Å². The van der Waals surface area contributed by atoms with Crippen molar-refractivity contribution in [3.05, 3.63) is 75.5 Å². The zero-order valence-electron chi connectivity index (χ0n) is 14.8. The van der Waals surface area contributed by atoms with E-state index in [-0.39, 0.29) is 12.3 Å². The van der Waals surface area contributed by atoms with Crippen molar-refractivity contribution in [1.29, 1.82) is 0 Å². The van der Waals surface area contributed by atoms with Crippen LogP contribution in [0.15, 0.2) is 53.9 Å². The number of aromatic nitrogens is 3. The summed E-state index contributed by atoms with van der Waals surface area (Å²) in [5.74, 6) is 1.35. The maximum Gasteiger partial charge on any atom is 0.226 e. The summed E-state index contributed by atoms with van der Waals surface area (Å²) in [5, 5.41) is 6.22. The molecule has 0 aliphatic carbocycles. The summed E-state index contributed by atoms with van der Waals surface area (Å²) in [4.78, 5) is 24.3. The predicted octanol–water partition coefficient (Wildman–Crippen LogP) is 4.11. The van der Waals surface area contributed by atoms with E-state index >= 15 is 0 Å². The van der Waals surface area contributed by atoms with Gasteiger partial charge in [-0.1, -0.05) is 23.7 Å². The molecular weight excluding hydrogens is 396 g/mol. The second-order valence-electron chi connectivity index (χ2n) is 6.13. The first-order chi connectivity index (χ1) is 13.7. The summed E-state index contributed by atoms with van der Waals surface area (Å²) < 4.78 is 5.68. The van der Waals surface area contributed by atoms with Gasteiger partial charge >= 0.3 is 0 Å². The molecule has 2 aromatic heterocycles. The predicted molar refractivity (Wildman–Crippen MR) is 110 cm³/mol. The molecule has 1 amide bonds. The van der Waals surface area contributed by atoms with Crippen molar-refractivity contribution < 1.29 is 9.53 Å². The van der Waals surface area contributed by atoms with Crippen molar-refractivity contribution >= 4 is 39.9 Å². The number of nitrogens with zero attached hydrogens (tertiary/aromatic N) is 2. The smallest absolute Gasteiger partial charge is 0.226 e. The van der Waals surface area contributed by atoms with Gasteiger partial charge < -0.3 is 15.0 Å². The number of carbonyl (C=O) groups is 1. The van der Waals surface area contributed by atoms with Crippen molar-refractivity contribution in [3.63, 3.8) is 0 Å². The number of nitrogens with one attached hydrogen (secondary N) is 2. The minimum absolute atomic E-state index is 0.101. The third kappa shape index (κ3) is 4.68. The van der Waals surface area contributed by atoms with Crippen LogP contribution in [0.25, 0.3) is 11.0 Å². The number of H-pyrrole nitrogens is 1. The molecule has 4 rings (SSSR count). The van der Waals surface area contributed by atoms with Crippen molar-refractivity contribution in [2.75, 3.05) is 0 Å². The van der Waals surface area contributed by atoms with E-state index in [1.807, 2.05) is 41.8 Å². The fourth-order valence-electron chi connectivity index (χ4n) is 2.67. The van der Waals surface area contributed by atoms with Gasteiger partial charge in [-0.3, -0.25) is 4.79 Å². The summed E-state index contributed by atoms with van der Waals surface area (Å²) in [6.07, 6.45) is 0.220. The van der Waals surface area contributed by atoms with Gasteiger partial charge in [0, 0.05) is 10.4 Å². The third-order valence-corrected chi connectivity index (χ3v) is 5.13. The van der Waals surface area contributed by atoms with Gasteiger partial charge in [0.15, 0.2) is 0 Å². The molecule has 0 radical (unpaired) electrons. The molecule has 2 N–H and O–H groups in total. The van der Waals surface area contributed by atoms with Gasteiger partial charge in [0.25, 0.3) is 0 Å². The van der Waals surface area contributed by atoms with Gasteiger partial charge in [0.05, 0.1) is 29.7 Å². The lowest BCUT2D eigenvalue weighted by atomic mass is 10.3. The standard InChI is InChI=1S/C20H17ClN4O2S/c21-13-5-7-15(8-6-13)27-11-20-23-14(12-28-20)9-19(26)22-10-18-24-16-3-1-2-4-17(16)25-18/h1-8,12H,9-11H2,(H,22,26)(H,24,25). The van der Waals surface area contributed by atoms with Gasteiger partial charge in [-0.2, -0.15) is 0 Å². The number of hydrogen-bond donors (Lipinski definition) is 2. The number of para-hydroxylation sites is 2. The number of thiazole rings is 1. The molecule has 0 saturated carbocycles. The molecule has 0 spiro atoms. The van der Waals surface area contributed by atoms with E-state index < -0.39 is 0 Å². The largest absolute Gasteiger partial charge is 0.486 e. The molecular formula is C20H17ClN4O2S. The molecule has 28 heavy (non-hydrogen) atoms. The molecule has 2 heterocycles. The number of aromatic amines is 1. The first kappa shape index (κ1) is 18.5. The van der Waals surface area contributed by atoms with Gasteiger partial charge in [-0.25, -0.2) is 9.97 Å². The summed E-state index contributed by atoms with van der Waals surface area (Å²) in [7, 11) is 0. The van der Waals surface area contributed by atoms with Gasteiger partial charge in [0.1, 0.15) is 23.2 Å². The summed E-state index contributed by atoms with van der Waals surface area (Å²) in [6, 6.07) is 14.9. The molecule has 8 heteroatoms. The molecule has 0 aliphatic rings. The van der Waals surface area contributed by atoms with Crippen molar-refractivity contribution in [2.24, 2.45) is 0 Å². The zero-order chi connectivity index (χ0) is 19.3. The second-order valence-corrected chi connectivity index (χ2v) is 7.51. The number of rotatable bonds is 7. The molecule has 0 fully saturated rings. The highest BCUT2D eigenvalue weighted by Crippen LogP contribution is 2.18. The molecule has 0 atom stereocenters. The van der Waals surface area contributed by atoms with Crippen LogP contribution in [0.5, 0.6) is 5.75 Å². The summed E-state index contributed by atoms with van der Waals surface area (Å²) >= 11 is 7.33. The maximum atomic E-state index is 12.2. The Kier molecular flexibility index (Phi) is 5.55. The third-order valence-electron chi connectivity index (χ3n) is 4.01. The minimum Gasteiger partial charge on any atom is -0.486 e. The molecule has 6 nitrogen and oxygen atoms in total. The summed E-state index contributed by atoms with van der Waals surface area (Å²) in [5.41, 5.74) is 2.56. The lowest BCUT2D eigenvalue weighted by molar-refractivity contribution is -0.120. The molecule has 0 bridgehead atoms. The average Bonchev–Trinajstić information content (AvgIpc) is 3.32. The van der Waals surface area contributed by atoms with Gasteiger partial charge in [-0.15, -0.1) is 11.3 Å². The number of fused-ring (bicyclic) bond motifs is 1. The summed E-state index contributed by atoms with van der Waals surface area (Å²) in [6.45, 7) is 0.705. The van der Waals surface area contributed by atoms with E-state index in [1.165, 1.54) is 11.3 Å². The number of amides is 1. The minimum atomic E-state index is -0.101. The molecule has 4 aromatic rings. The number of carbonyl (C=O) groups excluding carboxylic acids is 1. The average molecular weight is 413 g/mol. The molecule has 142 valence electrons. The molecule has 2 aromatic carbocycles. The van der Waals surface area contributed by atoms with Crippen LogP contribution in [0, 0.1) is 0 Å². The van der Waals surface area contributed by atoms with Gasteiger partial charge in [0.2, 0.25) is 5.91 Å². The van der Waals surface area contributed by atoms with Crippen LogP contribution in [-0.4, -0.2) is 20.9 Å². The van der Waals surface area contributed by atoms with Gasteiger partial charge in [-0.05, 0) is 36.4 Å². The Morgan fingerprint density at radius 1 is 1.14 bits per heavy atom. The van der Waals surface area contributed by atoms with Crippen LogP contribution in [0.4, 0.5) is 0 Å². The highest BCUT2D eigenvalue weighted by atomic mass is 35.5. The van der Waals surface area contributed by atoms with E-state index in [9.17, 15) is 4.79 Å². The number of hydrogen-bond acceptors (Lipinski definition) is 5. The highest BCUT2D eigenvalue weighted by Gasteiger charge is 2.10. The van der Waals surface area contributed by atoms with E-state index in [1.54, 1.807) is 12.1 Å². The Morgan fingerprint density at radius 3 is 2.79 bits per heavy atom. The topological polar surface area (TPSA) is 79.9 Å². The molecule has 0 aliphatic heterocycles. The molecule has 0 unspecified atom stereocenters. The van der Waals surface area contributed by atoms with Crippen LogP contribution in [0.1, 0.15) is 16.5 Å². The van der Waals surface area contributed by atoms with Crippen LogP contribution in [-0.2, 0) is 24.4 Å². The number of imidazole rings is 1. The number of ether oxygens (including phenoxy) is 1. The van der Waals surface area contributed by atoms with E-state index in [0.717, 1.165) is 33.3 Å². The Morgan fingerprint density at radius 2 is 1.96 bits per heavy atom.